The molecular weight excluding hydrogens is 274 g/mol. The van der Waals surface area contributed by atoms with E-state index in [9.17, 15) is 14.7 Å². The van der Waals surface area contributed by atoms with Crippen LogP contribution in [0, 0.1) is 0 Å². The van der Waals surface area contributed by atoms with Crippen LogP contribution < -0.4 is 16.1 Å². The lowest BCUT2D eigenvalue weighted by Crippen LogP contribution is -2.39. The number of hydrogen-bond acceptors (Lipinski definition) is 5. The van der Waals surface area contributed by atoms with Gasteiger partial charge < -0.3 is 14.6 Å². The number of aryl methyl sites for hydroxylation is 2. The van der Waals surface area contributed by atoms with Crippen LogP contribution in [-0.2, 0) is 20.6 Å². The van der Waals surface area contributed by atoms with Crippen LogP contribution in [0.15, 0.2) is 9.59 Å². The molecule has 1 aliphatic rings. The van der Waals surface area contributed by atoms with Gasteiger partial charge in [0, 0.05) is 33.7 Å². The molecule has 0 unspecified atom stereocenters. The third kappa shape index (κ3) is 1.98. The number of imidazole rings is 1. The number of fused-ring (bicyclic) bond motifs is 3. The fraction of sp³-hybridized carbons (Fsp3) is 0.615. The number of rotatable bonds is 2. The van der Waals surface area contributed by atoms with E-state index in [0.29, 0.717) is 30.2 Å². The van der Waals surface area contributed by atoms with Crippen molar-refractivity contribution in [2.75, 3.05) is 18.0 Å². The molecule has 0 saturated heterocycles. The van der Waals surface area contributed by atoms with Crippen LogP contribution in [0.3, 0.4) is 0 Å². The fourth-order valence-electron chi connectivity index (χ4n) is 2.90. The zero-order valence-corrected chi connectivity index (χ0v) is 12.4. The van der Waals surface area contributed by atoms with Crippen molar-refractivity contribution < 1.29 is 5.11 Å². The molecule has 0 radical (unpaired) electrons. The average Bonchev–Trinajstić information content (AvgIpc) is 2.83. The maximum atomic E-state index is 12.4. The molecule has 2 aromatic heterocycles. The summed E-state index contributed by atoms with van der Waals surface area (Å²) >= 11 is 0. The van der Waals surface area contributed by atoms with Crippen molar-refractivity contribution in [3.05, 3.63) is 20.8 Å². The quantitative estimate of drug-likeness (QED) is 0.769. The van der Waals surface area contributed by atoms with E-state index in [4.69, 9.17) is 0 Å². The Bertz CT molecular complexity index is 814. The Labute approximate surface area is 120 Å². The predicted molar refractivity (Wildman–Crippen MR) is 78.7 cm³/mol. The molecule has 0 spiro atoms. The van der Waals surface area contributed by atoms with Crippen LogP contribution in [0.4, 0.5) is 5.95 Å². The monoisotopic (exact) mass is 293 g/mol. The van der Waals surface area contributed by atoms with Gasteiger partial charge in [0.05, 0.1) is 6.10 Å². The van der Waals surface area contributed by atoms with Gasteiger partial charge in [-0.05, 0) is 13.3 Å². The molecule has 0 aliphatic carbocycles. The minimum Gasteiger partial charge on any atom is -0.392 e. The lowest BCUT2D eigenvalue weighted by molar-refractivity contribution is 0.198. The van der Waals surface area contributed by atoms with Gasteiger partial charge >= 0.3 is 5.69 Å². The van der Waals surface area contributed by atoms with E-state index in [1.807, 2.05) is 9.47 Å². The van der Waals surface area contributed by atoms with E-state index < -0.39 is 6.10 Å². The van der Waals surface area contributed by atoms with Gasteiger partial charge in [-0.15, -0.1) is 0 Å². The van der Waals surface area contributed by atoms with Crippen molar-refractivity contribution in [3.8, 4) is 0 Å². The highest BCUT2D eigenvalue weighted by Gasteiger charge is 2.25. The summed E-state index contributed by atoms with van der Waals surface area (Å²) in [7, 11) is 3.09. The molecule has 21 heavy (non-hydrogen) atoms. The SMILES string of the molecule is C[C@H](O)CN1CCCn2c1nc1c2c(=O)n(C)c(=O)n1C. The van der Waals surface area contributed by atoms with Gasteiger partial charge in [-0.3, -0.25) is 13.9 Å². The van der Waals surface area contributed by atoms with Gasteiger partial charge in [0.2, 0.25) is 5.95 Å². The lowest BCUT2D eigenvalue weighted by Gasteiger charge is -2.29. The van der Waals surface area contributed by atoms with E-state index in [1.54, 1.807) is 14.0 Å². The Hall–Kier alpha value is -2.09. The largest absolute Gasteiger partial charge is 0.392 e. The van der Waals surface area contributed by atoms with E-state index >= 15 is 0 Å². The molecule has 0 fully saturated rings. The normalized spacial score (nSPS) is 16.3. The van der Waals surface area contributed by atoms with Crippen molar-refractivity contribution in [1.82, 2.24) is 18.7 Å². The van der Waals surface area contributed by atoms with Gasteiger partial charge in [-0.25, -0.2) is 4.79 Å². The summed E-state index contributed by atoms with van der Waals surface area (Å²) in [5.74, 6) is 0.649. The van der Waals surface area contributed by atoms with Gasteiger partial charge in [0.25, 0.3) is 5.56 Å². The molecule has 2 aromatic rings. The third-order valence-corrected chi connectivity index (χ3v) is 3.91. The van der Waals surface area contributed by atoms with Gasteiger partial charge in [0.1, 0.15) is 0 Å². The van der Waals surface area contributed by atoms with Crippen molar-refractivity contribution >= 4 is 17.1 Å². The minimum atomic E-state index is -0.483. The molecule has 3 rings (SSSR count). The van der Waals surface area contributed by atoms with Gasteiger partial charge in [-0.1, -0.05) is 0 Å². The topological polar surface area (TPSA) is 85.3 Å². The zero-order valence-electron chi connectivity index (χ0n) is 12.4. The van der Waals surface area contributed by atoms with Crippen molar-refractivity contribution in [2.45, 2.75) is 26.0 Å². The molecular formula is C13H19N5O3. The van der Waals surface area contributed by atoms with E-state index in [-0.39, 0.29) is 11.2 Å². The summed E-state index contributed by atoms with van der Waals surface area (Å²) in [6.45, 7) is 3.64. The van der Waals surface area contributed by atoms with Gasteiger partial charge in [-0.2, -0.15) is 4.98 Å². The summed E-state index contributed by atoms with van der Waals surface area (Å²) in [5.41, 5.74) is 0.135. The number of β-amino-alcohol motifs (C(OH)–C–C–N with tert-alkyl or cyclic N) is 1. The van der Waals surface area contributed by atoms with Crippen LogP contribution in [0.2, 0.25) is 0 Å². The summed E-state index contributed by atoms with van der Waals surface area (Å²) in [5, 5.41) is 9.60. The number of nitrogens with zero attached hydrogens (tertiary/aromatic N) is 5. The first-order chi connectivity index (χ1) is 9.91. The van der Waals surface area contributed by atoms with E-state index in [1.165, 1.54) is 11.6 Å². The number of anilines is 1. The zero-order chi connectivity index (χ0) is 15.3. The average molecular weight is 293 g/mol. The standard InChI is InChI=1S/C13H19N5O3/c1-8(19)7-17-5-4-6-18-9-10(14-12(17)18)15(2)13(21)16(3)11(9)20/h8,19H,4-7H2,1-3H3/t8-/m0/s1. The second-order valence-corrected chi connectivity index (χ2v) is 5.59. The lowest BCUT2D eigenvalue weighted by atomic mass is 10.3. The van der Waals surface area contributed by atoms with E-state index in [0.717, 1.165) is 17.5 Å². The highest BCUT2D eigenvalue weighted by molar-refractivity contribution is 5.74. The number of aliphatic hydroxyl groups is 1. The summed E-state index contributed by atoms with van der Waals surface area (Å²) in [6.07, 6.45) is 0.389. The van der Waals surface area contributed by atoms with Crippen molar-refractivity contribution in [2.24, 2.45) is 14.1 Å². The number of aromatic nitrogens is 4. The highest BCUT2D eigenvalue weighted by atomic mass is 16.3. The molecule has 0 bridgehead atoms. The van der Waals surface area contributed by atoms with Crippen LogP contribution in [-0.4, -0.2) is 43.0 Å². The molecule has 0 aromatic carbocycles. The fourth-order valence-corrected chi connectivity index (χ4v) is 2.90. The van der Waals surface area contributed by atoms with Gasteiger partial charge in [0.15, 0.2) is 11.2 Å². The van der Waals surface area contributed by atoms with Crippen LogP contribution in [0.1, 0.15) is 13.3 Å². The molecule has 1 N–H and O–H groups in total. The maximum Gasteiger partial charge on any atom is 0.332 e. The summed E-state index contributed by atoms with van der Waals surface area (Å²) in [4.78, 5) is 30.8. The molecule has 8 nitrogen and oxygen atoms in total. The second-order valence-electron chi connectivity index (χ2n) is 5.59. The summed E-state index contributed by atoms with van der Waals surface area (Å²) < 4.78 is 4.34. The molecule has 1 atom stereocenters. The first kappa shape index (κ1) is 13.9. The Morgan fingerprint density at radius 1 is 1.24 bits per heavy atom. The van der Waals surface area contributed by atoms with Crippen molar-refractivity contribution in [3.63, 3.8) is 0 Å². The highest BCUT2D eigenvalue weighted by Crippen LogP contribution is 2.24. The van der Waals surface area contributed by atoms with Crippen LogP contribution >= 0.6 is 0 Å². The smallest absolute Gasteiger partial charge is 0.332 e. The number of hydrogen-bond donors (Lipinski definition) is 1. The molecule has 114 valence electrons. The van der Waals surface area contributed by atoms with Crippen LogP contribution in [0.25, 0.3) is 11.2 Å². The van der Waals surface area contributed by atoms with Crippen LogP contribution in [0.5, 0.6) is 0 Å². The first-order valence-electron chi connectivity index (χ1n) is 7.01. The molecule has 8 heteroatoms. The molecule has 0 amide bonds. The summed E-state index contributed by atoms with van der Waals surface area (Å²) in [6, 6.07) is 0. The molecule has 0 saturated carbocycles. The second kappa shape index (κ2) is 4.73. The first-order valence-corrected chi connectivity index (χ1v) is 7.01. The Balaban J connectivity index is 2.31. The molecule has 3 heterocycles. The van der Waals surface area contributed by atoms with E-state index in [2.05, 4.69) is 4.98 Å². The van der Waals surface area contributed by atoms with Crippen molar-refractivity contribution in [1.29, 1.82) is 0 Å². The third-order valence-electron chi connectivity index (χ3n) is 3.91. The Morgan fingerprint density at radius 3 is 2.62 bits per heavy atom. The minimum absolute atomic E-state index is 0.328. The number of aliphatic hydroxyl groups excluding tert-OH is 1. The maximum absolute atomic E-state index is 12.4. The Kier molecular flexibility index (Phi) is 3.12. The predicted octanol–water partition coefficient (Wildman–Crippen LogP) is -0.975. The Morgan fingerprint density at radius 2 is 1.95 bits per heavy atom. The molecule has 1 aliphatic heterocycles.